The number of amides is 1. The molecule has 4 rings (SSSR count). The molecular weight excluding hydrogens is 353 g/mol. The fraction of sp³-hybridized carbons (Fsp3) is 0.278. The predicted molar refractivity (Wildman–Crippen MR) is 96.7 cm³/mol. The molecule has 140 valence electrons. The monoisotopic (exact) mass is 371 g/mol. The number of benzene rings is 1. The van der Waals surface area contributed by atoms with Crippen molar-refractivity contribution < 1.29 is 13.9 Å². The Kier molecular flexibility index (Phi) is 4.06. The second-order valence-corrected chi connectivity index (χ2v) is 6.51. The van der Waals surface area contributed by atoms with Crippen LogP contribution in [0.2, 0.25) is 0 Å². The molecule has 1 aliphatic heterocycles. The molecular formula is C18H18FN5O3. The van der Waals surface area contributed by atoms with Crippen molar-refractivity contribution >= 4 is 17.4 Å². The number of carbonyl (C=O) groups is 1. The quantitative estimate of drug-likeness (QED) is 0.560. The van der Waals surface area contributed by atoms with Crippen LogP contribution < -0.4 is 20.9 Å². The molecule has 2 atom stereocenters. The average molecular weight is 371 g/mol. The fourth-order valence-electron chi connectivity index (χ4n) is 3.08. The van der Waals surface area contributed by atoms with E-state index < -0.39 is 5.82 Å². The molecule has 0 fully saturated rings. The molecule has 8 nitrogen and oxygen atoms in total. The van der Waals surface area contributed by atoms with Crippen molar-refractivity contribution in [2.24, 2.45) is 0 Å². The summed E-state index contributed by atoms with van der Waals surface area (Å²) in [5.41, 5.74) is 0.678. The topological polar surface area (TPSA) is 101 Å². The van der Waals surface area contributed by atoms with E-state index in [1.54, 1.807) is 13.0 Å². The maximum atomic E-state index is 13.8. The molecule has 0 spiro atoms. The van der Waals surface area contributed by atoms with Crippen molar-refractivity contribution in [1.82, 2.24) is 19.9 Å². The van der Waals surface area contributed by atoms with E-state index in [9.17, 15) is 14.0 Å². The van der Waals surface area contributed by atoms with Crippen LogP contribution in [0, 0.1) is 5.82 Å². The average Bonchev–Trinajstić information content (AvgIpc) is 3.05. The van der Waals surface area contributed by atoms with Crippen molar-refractivity contribution in [3.8, 4) is 5.75 Å². The summed E-state index contributed by atoms with van der Waals surface area (Å²) in [6.07, 6.45) is 1.08. The normalized spacial score (nSPS) is 19.9. The van der Waals surface area contributed by atoms with Crippen molar-refractivity contribution in [2.75, 3.05) is 11.9 Å². The minimum Gasteiger partial charge on any atom is -0.489 e. The van der Waals surface area contributed by atoms with Crippen LogP contribution in [-0.2, 0) is 0 Å². The summed E-state index contributed by atoms with van der Waals surface area (Å²) in [7, 11) is 0. The highest BCUT2D eigenvalue weighted by atomic mass is 19.1. The number of aromatic nitrogens is 3. The van der Waals surface area contributed by atoms with Gasteiger partial charge in [0.2, 0.25) is 0 Å². The van der Waals surface area contributed by atoms with Gasteiger partial charge >= 0.3 is 0 Å². The van der Waals surface area contributed by atoms with Crippen LogP contribution in [0.5, 0.6) is 5.75 Å². The van der Waals surface area contributed by atoms with Crippen LogP contribution in [0.3, 0.4) is 0 Å². The van der Waals surface area contributed by atoms with E-state index in [-0.39, 0.29) is 47.2 Å². The third kappa shape index (κ3) is 3.12. The number of anilines is 1. The third-order valence-electron chi connectivity index (χ3n) is 4.42. The predicted octanol–water partition coefficient (Wildman–Crippen LogP) is 1.85. The lowest BCUT2D eigenvalue weighted by Gasteiger charge is -2.21. The van der Waals surface area contributed by atoms with Gasteiger partial charge in [0.1, 0.15) is 29.1 Å². The SMILES string of the molecule is C[C@H]1CNC(=O)c2c[nH]n3c(=O)cc(nc23)N[C@H](C)c2cc(F)ccc2O1. The fourth-order valence-corrected chi connectivity index (χ4v) is 3.08. The number of nitrogens with zero attached hydrogens (tertiary/aromatic N) is 2. The standard InChI is InChI=1S/C18H18FN5O3/c1-9-7-20-18(26)13-8-21-24-16(25)6-15(23-17(13)24)22-10(2)12-5-11(19)3-4-14(12)27-9/h3-6,8-10,21-22H,7H2,1-2H3,(H,20,26)/t9-,10+/m0/s1. The second-order valence-electron chi connectivity index (χ2n) is 6.51. The molecule has 2 aromatic heterocycles. The third-order valence-corrected chi connectivity index (χ3v) is 4.42. The Labute approximate surface area is 153 Å². The van der Waals surface area contributed by atoms with Gasteiger partial charge in [-0.05, 0) is 32.0 Å². The van der Waals surface area contributed by atoms with Crippen molar-refractivity contribution in [1.29, 1.82) is 0 Å². The lowest BCUT2D eigenvalue weighted by Crippen LogP contribution is -2.33. The second kappa shape index (κ2) is 6.42. The van der Waals surface area contributed by atoms with Crippen molar-refractivity contribution in [3.05, 3.63) is 57.8 Å². The molecule has 1 amide bonds. The van der Waals surface area contributed by atoms with Gasteiger partial charge in [-0.3, -0.25) is 14.7 Å². The zero-order chi connectivity index (χ0) is 19.1. The first kappa shape index (κ1) is 17.1. The molecule has 3 aromatic rings. The minimum atomic E-state index is -0.396. The molecule has 1 aliphatic rings. The zero-order valence-electron chi connectivity index (χ0n) is 14.7. The van der Waals surface area contributed by atoms with Crippen molar-refractivity contribution in [2.45, 2.75) is 26.0 Å². The molecule has 3 N–H and O–H groups in total. The molecule has 9 heteroatoms. The van der Waals surface area contributed by atoms with Crippen molar-refractivity contribution in [3.63, 3.8) is 0 Å². The molecule has 0 saturated carbocycles. The summed E-state index contributed by atoms with van der Waals surface area (Å²) >= 11 is 0. The lowest BCUT2D eigenvalue weighted by atomic mass is 10.1. The number of hydrogen-bond acceptors (Lipinski definition) is 5. The summed E-state index contributed by atoms with van der Waals surface area (Å²) < 4.78 is 20.9. The number of rotatable bonds is 0. The maximum Gasteiger partial charge on any atom is 0.274 e. The zero-order valence-corrected chi connectivity index (χ0v) is 14.7. The number of nitrogens with one attached hydrogen (secondary N) is 3. The number of halogens is 1. The summed E-state index contributed by atoms with van der Waals surface area (Å²) in [5.74, 6) is 0.00620. The van der Waals surface area contributed by atoms with Crippen LogP contribution in [0.15, 0.2) is 35.3 Å². The summed E-state index contributed by atoms with van der Waals surface area (Å²) in [6.45, 7) is 3.86. The first-order chi connectivity index (χ1) is 12.9. The minimum absolute atomic E-state index is 0.210. The van der Waals surface area contributed by atoms with Gasteiger partial charge in [-0.2, -0.15) is 0 Å². The molecule has 0 aliphatic carbocycles. The van der Waals surface area contributed by atoms with E-state index in [0.29, 0.717) is 11.3 Å². The van der Waals surface area contributed by atoms with Gasteiger partial charge in [0, 0.05) is 17.8 Å². The first-order valence-corrected chi connectivity index (χ1v) is 8.54. The molecule has 2 bridgehead atoms. The number of carbonyl (C=O) groups excluding carboxylic acids is 1. The highest BCUT2D eigenvalue weighted by molar-refractivity contribution is 5.99. The Balaban J connectivity index is 1.86. The van der Waals surface area contributed by atoms with Crippen LogP contribution in [0.1, 0.15) is 35.8 Å². The highest BCUT2D eigenvalue weighted by Gasteiger charge is 2.20. The van der Waals surface area contributed by atoms with E-state index in [1.807, 2.05) is 6.92 Å². The van der Waals surface area contributed by atoms with Crippen LogP contribution >= 0.6 is 0 Å². The Morgan fingerprint density at radius 2 is 2.07 bits per heavy atom. The van der Waals surface area contributed by atoms with Gasteiger partial charge in [-0.25, -0.2) is 13.9 Å². The highest BCUT2D eigenvalue weighted by Crippen LogP contribution is 2.29. The summed E-state index contributed by atoms with van der Waals surface area (Å²) in [4.78, 5) is 29.2. The number of ether oxygens (including phenoxy) is 1. The van der Waals surface area contributed by atoms with E-state index in [4.69, 9.17) is 4.74 Å². The molecule has 27 heavy (non-hydrogen) atoms. The number of H-pyrrole nitrogens is 1. The summed E-state index contributed by atoms with van der Waals surface area (Å²) in [6, 6.07) is 5.17. The Hall–Kier alpha value is -3.36. The molecule has 0 saturated heterocycles. The van der Waals surface area contributed by atoms with E-state index in [0.717, 1.165) is 0 Å². The molecule has 1 aromatic carbocycles. The number of fused-ring (bicyclic) bond motifs is 2. The van der Waals surface area contributed by atoms with E-state index in [2.05, 4.69) is 20.7 Å². The Morgan fingerprint density at radius 1 is 1.26 bits per heavy atom. The largest absolute Gasteiger partial charge is 0.489 e. The van der Waals surface area contributed by atoms with Gasteiger partial charge < -0.3 is 15.4 Å². The van der Waals surface area contributed by atoms with Gasteiger partial charge in [0.25, 0.3) is 11.5 Å². The van der Waals surface area contributed by atoms with Gasteiger partial charge in [0.05, 0.1) is 12.6 Å². The first-order valence-electron chi connectivity index (χ1n) is 8.54. The Bertz CT molecular complexity index is 1090. The van der Waals surface area contributed by atoms with Gasteiger partial charge in [-0.15, -0.1) is 0 Å². The van der Waals surface area contributed by atoms with Gasteiger partial charge in [-0.1, -0.05) is 0 Å². The number of hydrogen-bond donors (Lipinski definition) is 3. The van der Waals surface area contributed by atoms with Crippen LogP contribution in [-0.4, -0.2) is 33.2 Å². The molecule has 3 heterocycles. The lowest BCUT2D eigenvalue weighted by molar-refractivity contribution is 0.0933. The number of aromatic amines is 1. The molecule has 0 radical (unpaired) electrons. The van der Waals surface area contributed by atoms with Crippen LogP contribution in [0.25, 0.3) is 5.65 Å². The van der Waals surface area contributed by atoms with E-state index >= 15 is 0 Å². The van der Waals surface area contributed by atoms with Gasteiger partial charge in [0.15, 0.2) is 5.65 Å². The van der Waals surface area contributed by atoms with E-state index in [1.165, 1.54) is 28.9 Å². The maximum absolute atomic E-state index is 13.8. The van der Waals surface area contributed by atoms with Crippen LogP contribution in [0.4, 0.5) is 10.2 Å². The Morgan fingerprint density at radius 3 is 2.89 bits per heavy atom. The molecule has 0 unspecified atom stereocenters. The smallest absolute Gasteiger partial charge is 0.274 e. The summed E-state index contributed by atoms with van der Waals surface area (Å²) in [5, 5.41) is 8.59.